The molecule has 0 aliphatic heterocycles. The number of rotatable bonds is 6. The van der Waals surface area contributed by atoms with E-state index in [1.54, 1.807) is 12.1 Å². The number of aliphatic hydroxyl groups is 1. The Kier molecular flexibility index (Phi) is 5.13. The number of nitrogens with zero attached hydrogens (tertiary/aromatic N) is 2. The molecular weight excluding hydrogens is 350 g/mol. The molecule has 1 heterocycles. The van der Waals surface area contributed by atoms with Crippen molar-refractivity contribution in [3.8, 4) is 11.5 Å². The van der Waals surface area contributed by atoms with Crippen molar-refractivity contribution in [1.29, 1.82) is 0 Å². The van der Waals surface area contributed by atoms with Gasteiger partial charge in [0.1, 0.15) is 6.61 Å². The molecule has 1 N–H and O–H groups in total. The maximum atomic E-state index is 12.7. The standard InChI is InChI=1S/C13H13BrF2N2O3/c1-20-10-5-8(6-19)4-9(14)12(10)21-7-11-17-2-3-18(11)13(15)16/h2-5,13,19H,6-7H2,1H3. The summed E-state index contributed by atoms with van der Waals surface area (Å²) in [5.41, 5.74) is 0.639. The zero-order valence-corrected chi connectivity index (χ0v) is 12.7. The number of ether oxygens (including phenoxy) is 2. The van der Waals surface area contributed by atoms with Crippen LogP contribution in [-0.4, -0.2) is 21.8 Å². The third-order valence-electron chi connectivity index (χ3n) is 2.78. The summed E-state index contributed by atoms with van der Waals surface area (Å²) in [6.07, 6.45) is 2.47. The number of hydrogen-bond acceptors (Lipinski definition) is 4. The smallest absolute Gasteiger partial charge is 0.320 e. The lowest BCUT2D eigenvalue weighted by Gasteiger charge is -2.14. The molecule has 8 heteroatoms. The number of methoxy groups -OCH3 is 1. The Morgan fingerprint density at radius 1 is 1.43 bits per heavy atom. The van der Waals surface area contributed by atoms with Gasteiger partial charge in [-0.25, -0.2) is 4.98 Å². The first-order valence-electron chi connectivity index (χ1n) is 5.96. The van der Waals surface area contributed by atoms with Crippen LogP contribution in [0.4, 0.5) is 8.78 Å². The number of aromatic nitrogens is 2. The molecule has 0 aliphatic carbocycles. The van der Waals surface area contributed by atoms with E-state index in [4.69, 9.17) is 14.6 Å². The topological polar surface area (TPSA) is 56.5 Å². The first-order valence-corrected chi connectivity index (χ1v) is 6.76. The van der Waals surface area contributed by atoms with E-state index >= 15 is 0 Å². The molecule has 2 rings (SSSR count). The molecule has 0 bridgehead atoms. The van der Waals surface area contributed by atoms with E-state index in [-0.39, 0.29) is 19.0 Å². The lowest BCUT2D eigenvalue weighted by atomic mass is 10.2. The van der Waals surface area contributed by atoms with Gasteiger partial charge in [-0.15, -0.1) is 0 Å². The molecule has 0 saturated carbocycles. The van der Waals surface area contributed by atoms with Crippen molar-refractivity contribution < 1.29 is 23.4 Å². The van der Waals surface area contributed by atoms with Crippen LogP contribution in [0.2, 0.25) is 0 Å². The fraction of sp³-hybridized carbons (Fsp3) is 0.308. The van der Waals surface area contributed by atoms with E-state index < -0.39 is 6.55 Å². The normalized spacial score (nSPS) is 11.0. The van der Waals surface area contributed by atoms with Crippen molar-refractivity contribution in [1.82, 2.24) is 9.55 Å². The predicted octanol–water partition coefficient (Wildman–Crippen LogP) is 3.12. The van der Waals surface area contributed by atoms with E-state index in [0.29, 0.717) is 21.5 Å². The Morgan fingerprint density at radius 2 is 2.19 bits per heavy atom. The number of aliphatic hydroxyl groups excluding tert-OH is 1. The van der Waals surface area contributed by atoms with Crippen LogP contribution in [0.5, 0.6) is 11.5 Å². The second-order valence-corrected chi connectivity index (χ2v) is 4.94. The summed E-state index contributed by atoms with van der Waals surface area (Å²) in [4.78, 5) is 3.83. The molecular formula is C13H13BrF2N2O3. The summed E-state index contributed by atoms with van der Waals surface area (Å²) in [5, 5.41) is 9.14. The molecule has 0 saturated heterocycles. The Bertz CT molecular complexity index is 619. The molecule has 5 nitrogen and oxygen atoms in total. The molecule has 2 aromatic rings. The van der Waals surface area contributed by atoms with E-state index in [1.165, 1.54) is 19.5 Å². The maximum absolute atomic E-state index is 12.7. The van der Waals surface area contributed by atoms with Crippen molar-refractivity contribution >= 4 is 15.9 Å². The number of benzene rings is 1. The molecule has 0 atom stereocenters. The minimum atomic E-state index is -2.67. The fourth-order valence-electron chi connectivity index (χ4n) is 1.77. The largest absolute Gasteiger partial charge is 0.493 e. The monoisotopic (exact) mass is 362 g/mol. The first kappa shape index (κ1) is 15.7. The highest BCUT2D eigenvalue weighted by atomic mass is 79.9. The van der Waals surface area contributed by atoms with Crippen molar-refractivity contribution in [2.24, 2.45) is 0 Å². The van der Waals surface area contributed by atoms with E-state index in [0.717, 1.165) is 4.57 Å². The second kappa shape index (κ2) is 6.86. The first-order chi connectivity index (χ1) is 10.1. The van der Waals surface area contributed by atoms with Gasteiger partial charge in [0.2, 0.25) is 0 Å². The predicted molar refractivity (Wildman–Crippen MR) is 74.4 cm³/mol. The van der Waals surface area contributed by atoms with Gasteiger partial charge in [-0.2, -0.15) is 8.78 Å². The second-order valence-electron chi connectivity index (χ2n) is 4.08. The van der Waals surface area contributed by atoms with Crippen LogP contribution < -0.4 is 9.47 Å². The van der Waals surface area contributed by atoms with E-state index in [1.807, 2.05) is 0 Å². The van der Waals surface area contributed by atoms with Crippen molar-refractivity contribution in [2.75, 3.05) is 7.11 Å². The van der Waals surface area contributed by atoms with Gasteiger partial charge < -0.3 is 14.6 Å². The SMILES string of the molecule is COc1cc(CO)cc(Br)c1OCc1nccn1C(F)F. The van der Waals surface area contributed by atoms with Crippen molar-refractivity contribution in [3.63, 3.8) is 0 Å². The van der Waals surface area contributed by atoms with Gasteiger partial charge in [-0.3, -0.25) is 4.57 Å². The average molecular weight is 363 g/mol. The maximum Gasteiger partial charge on any atom is 0.320 e. The number of alkyl halides is 2. The molecule has 114 valence electrons. The molecule has 0 amide bonds. The van der Waals surface area contributed by atoms with Crippen LogP contribution in [-0.2, 0) is 13.2 Å². The van der Waals surface area contributed by atoms with Gasteiger partial charge >= 0.3 is 6.55 Å². The molecule has 1 aromatic carbocycles. The van der Waals surface area contributed by atoms with E-state index in [9.17, 15) is 8.78 Å². The number of hydrogen-bond donors (Lipinski definition) is 1. The molecule has 0 spiro atoms. The highest BCUT2D eigenvalue weighted by Gasteiger charge is 2.15. The zero-order chi connectivity index (χ0) is 15.4. The Morgan fingerprint density at radius 3 is 2.81 bits per heavy atom. The molecule has 0 aliphatic rings. The fourth-order valence-corrected chi connectivity index (χ4v) is 2.38. The average Bonchev–Trinajstić information content (AvgIpc) is 2.93. The molecule has 0 radical (unpaired) electrons. The zero-order valence-electron chi connectivity index (χ0n) is 11.1. The van der Waals surface area contributed by atoms with Crippen molar-refractivity contribution in [2.45, 2.75) is 19.8 Å². The lowest BCUT2D eigenvalue weighted by molar-refractivity contribution is 0.0631. The van der Waals surface area contributed by atoms with Gasteiger partial charge in [0.25, 0.3) is 0 Å². The van der Waals surface area contributed by atoms with Gasteiger partial charge in [0.15, 0.2) is 17.3 Å². The van der Waals surface area contributed by atoms with Crippen LogP contribution in [0.25, 0.3) is 0 Å². The van der Waals surface area contributed by atoms with Gasteiger partial charge in [0.05, 0.1) is 18.2 Å². The Balaban J connectivity index is 2.21. The minimum Gasteiger partial charge on any atom is -0.493 e. The Hall–Kier alpha value is -1.67. The third-order valence-corrected chi connectivity index (χ3v) is 3.37. The highest BCUT2D eigenvalue weighted by Crippen LogP contribution is 2.37. The summed E-state index contributed by atoms with van der Waals surface area (Å²) in [6, 6.07) is 3.27. The number of halogens is 3. The Labute approximate surface area is 128 Å². The molecule has 1 aromatic heterocycles. The van der Waals surface area contributed by atoms with Crippen LogP contribution in [0.15, 0.2) is 29.0 Å². The van der Waals surface area contributed by atoms with Crippen molar-refractivity contribution in [3.05, 3.63) is 40.4 Å². The summed E-state index contributed by atoms with van der Waals surface area (Å²) < 4.78 is 37.4. The number of imidazole rings is 1. The minimum absolute atomic E-state index is 0.102. The van der Waals surface area contributed by atoms with Gasteiger partial charge in [-0.05, 0) is 33.6 Å². The third kappa shape index (κ3) is 3.51. The van der Waals surface area contributed by atoms with Crippen LogP contribution in [0.1, 0.15) is 17.9 Å². The molecule has 21 heavy (non-hydrogen) atoms. The van der Waals surface area contributed by atoms with Crippen LogP contribution in [0.3, 0.4) is 0 Å². The van der Waals surface area contributed by atoms with Gasteiger partial charge in [0, 0.05) is 12.4 Å². The molecule has 0 fully saturated rings. The van der Waals surface area contributed by atoms with E-state index in [2.05, 4.69) is 20.9 Å². The van der Waals surface area contributed by atoms with Crippen LogP contribution >= 0.6 is 15.9 Å². The molecule has 0 unspecified atom stereocenters. The van der Waals surface area contributed by atoms with Gasteiger partial charge in [-0.1, -0.05) is 0 Å². The summed E-state index contributed by atoms with van der Waals surface area (Å²) in [6.45, 7) is -2.95. The van der Waals surface area contributed by atoms with Crippen LogP contribution in [0, 0.1) is 0 Å². The summed E-state index contributed by atoms with van der Waals surface area (Å²) in [5.74, 6) is 0.854. The highest BCUT2D eigenvalue weighted by molar-refractivity contribution is 9.10. The summed E-state index contributed by atoms with van der Waals surface area (Å²) in [7, 11) is 1.45. The summed E-state index contributed by atoms with van der Waals surface area (Å²) >= 11 is 3.30. The lowest BCUT2D eigenvalue weighted by Crippen LogP contribution is -2.08. The quantitative estimate of drug-likeness (QED) is 0.857.